The lowest BCUT2D eigenvalue weighted by Gasteiger charge is -2.12. The second kappa shape index (κ2) is 8.93. The number of aromatic nitrogens is 3. The Bertz CT molecular complexity index is 944. The van der Waals surface area contributed by atoms with Gasteiger partial charge in [-0.2, -0.15) is 0 Å². The third kappa shape index (κ3) is 4.72. The fourth-order valence-corrected chi connectivity index (χ4v) is 3.86. The molecule has 0 atom stereocenters. The Morgan fingerprint density at radius 3 is 2.46 bits per heavy atom. The number of carbonyl (C=O) groups is 1. The summed E-state index contributed by atoms with van der Waals surface area (Å²) in [5.41, 5.74) is 5.72. The largest absolute Gasteiger partial charge is 0.497 e. The number of hydrogen-bond acceptors (Lipinski definition) is 5. The van der Waals surface area contributed by atoms with Crippen LogP contribution in [0, 0.1) is 20.8 Å². The number of amides is 1. The van der Waals surface area contributed by atoms with Gasteiger partial charge in [0, 0.05) is 12.2 Å². The highest BCUT2D eigenvalue weighted by molar-refractivity contribution is 7.99. The molecule has 1 heterocycles. The summed E-state index contributed by atoms with van der Waals surface area (Å²) in [4.78, 5) is 12.3. The van der Waals surface area contributed by atoms with Crippen LogP contribution in [0.3, 0.4) is 0 Å². The van der Waals surface area contributed by atoms with E-state index in [1.165, 1.54) is 34.0 Å². The monoisotopic (exact) mass is 396 g/mol. The number of hydrogen-bond donors (Lipinski definition) is 1. The molecule has 0 unspecified atom stereocenters. The first-order valence-electron chi connectivity index (χ1n) is 8.98. The maximum absolute atomic E-state index is 12.3. The number of aryl methyl sites for hydroxylation is 3. The van der Waals surface area contributed by atoms with E-state index in [0.29, 0.717) is 11.7 Å². The summed E-state index contributed by atoms with van der Waals surface area (Å²) in [6.07, 6.45) is 1.64. The van der Waals surface area contributed by atoms with Crippen LogP contribution in [0.5, 0.6) is 5.75 Å². The van der Waals surface area contributed by atoms with Crippen molar-refractivity contribution in [1.82, 2.24) is 20.1 Å². The topological polar surface area (TPSA) is 69.0 Å². The molecule has 7 heteroatoms. The maximum Gasteiger partial charge on any atom is 0.230 e. The number of benzene rings is 2. The molecule has 0 spiro atoms. The van der Waals surface area contributed by atoms with Gasteiger partial charge in [0.1, 0.15) is 12.1 Å². The van der Waals surface area contributed by atoms with E-state index in [0.717, 1.165) is 11.4 Å². The zero-order valence-electron chi connectivity index (χ0n) is 16.5. The van der Waals surface area contributed by atoms with Gasteiger partial charge < -0.3 is 10.1 Å². The van der Waals surface area contributed by atoms with E-state index in [1.54, 1.807) is 13.4 Å². The van der Waals surface area contributed by atoms with Gasteiger partial charge in [0.05, 0.1) is 12.9 Å². The first-order valence-corrected chi connectivity index (χ1v) is 9.97. The molecule has 0 fully saturated rings. The van der Waals surface area contributed by atoms with E-state index >= 15 is 0 Å². The van der Waals surface area contributed by atoms with E-state index in [-0.39, 0.29) is 11.7 Å². The predicted molar refractivity (Wildman–Crippen MR) is 111 cm³/mol. The molecule has 1 amide bonds. The van der Waals surface area contributed by atoms with Crippen molar-refractivity contribution in [2.75, 3.05) is 12.9 Å². The Morgan fingerprint density at radius 2 is 1.82 bits per heavy atom. The van der Waals surface area contributed by atoms with Gasteiger partial charge in [-0.25, -0.2) is 0 Å². The number of rotatable bonds is 7. The fraction of sp³-hybridized carbons (Fsp3) is 0.286. The van der Waals surface area contributed by atoms with Crippen molar-refractivity contribution in [3.63, 3.8) is 0 Å². The summed E-state index contributed by atoms with van der Waals surface area (Å²) < 4.78 is 7.04. The average molecular weight is 397 g/mol. The lowest BCUT2D eigenvalue weighted by Crippen LogP contribution is -2.25. The average Bonchev–Trinajstić information content (AvgIpc) is 3.14. The third-order valence-corrected chi connectivity index (χ3v) is 5.45. The van der Waals surface area contributed by atoms with E-state index < -0.39 is 0 Å². The van der Waals surface area contributed by atoms with E-state index in [9.17, 15) is 4.79 Å². The second-order valence-electron chi connectivity index (χ2n) is 6.62. The molecule has 6 nitrogen and oxygen atoms in total. The summed E-state index contributed by atoms with van der Waals surface area (Å²) in [5, 5.41) is 11.8. The number of nitrogens with one attached hydrogen (secondary N) is 1. The quantitative estimate of drug-likeness (QED) is 0.618. The minimum atomic E-state index is -0.0337. The zero-order chi connectivity index (χ0) is 20.1. The van der Waals surface area contributed by atoms with Crippen LogP contribution >= 0.6 is 11.8 Å². The highest BCUT2D eigenvalue weighted by atomic mass is 32.2. The predicted octanol–water partition coefficient (Wildman–Crippen LogP) is 3.61. The highest BCUT2D eigenvalue weighted by Gasteiger charge is 2.11. The molecule has 1 aromatic heterocycles. The molecule has 0 radical (unpaired) electrons. The van der Waals surface area contributed by atoms with Crippen molar-refractivity contribution in [3.05, 3.63) is 65.0 Å². The summed E-state index contributed by atoms with van der Waals surface area (Å²) in [7, 11) is 1.63. The molecule has 0 saturated heterocycles. The maximum atomic E-state index is 12.3. The minimum Gasteiger partial charge on any atom is -0.497 e. The lowest BCUT2D eigenvalue weighted by molar-refractivity contribution is -0.118. The van der Waals surface area contributed by atoms with Crippen LogP contribution in [0.4, 0.5) is 0 Å². The van der Waals surface area contributed by atoms with Crippen LogP contribution in [0.2, 0.25) is 0 Å². The van der Waals surface area contributed by atoms with Gasteiger partial charge in [-0.05, 0) is 61.7 Å². The Balaban J connectivity index is 1.59. The Labute approximate surface area is 169 Å². The molecule has 0 aliphatic carbocycles. The van der Waals surface area contributed by atoms with Crippen LogP contribution in [0.15, 0.2) is 47.9 Å². The van der Waals surface area contributed by atoms with Crippen LogP contribution in [0.1, 0.15) is 22.3 Å². The van der Waals surface area contributed by atoms with Gasteiger partial charge >= 0.3 is 0 Å². The van der Waals surface area contributed by atoms with Gasteiger partial charge in [0.15, 0.2) is 5.16 Å². The molecule has 3 aromatic rings. The van der Waals surface area contributed by atoms with Crippen molar-refractivity contribution < 1.29 is 9.53 Å². The van der Waals surface area contributed by atoms with Crippen LogP contribution in [-0.2, 0) is 11.3 Å². The molecule has 0 aliphatic rings. The van der Waals surface area contributed by atoms with Crippen LogP contribution in [0.25, 0.3) is 5.69 Å². The molecule has 0 aliphatic heterocycles. The second-order valence-corrected chi connectivity index (χ2v) is 7.57. The highest BCUT2D eigenvalue weighted by Crippen LogP contribution is 2.21. The van der Waals surface area contributed by atoms with Crippen LogP contribution in [-0.4, -0.2) is 33.5 Å². The molecule has 0 bridgehead atoms. The molecule has 0 saturated carbocycles. The normalized spacial score (nSPS) is 10.7. The first kappa shape index (κ1) is 19.9. The molecule has 3 rings (SSSR count). The van der Waals surface area contributed by atoms with Gasteiger partial charge in [-0.1, -0.05) is 29.5 Å². The molecular formula is C21H24N4O2S. The van der Waals surface area contributed by atoms with E-state index in [4.69, 9.17) is 4.74 Å². The van der Waals surface area contributed by atoms with Gasteiger partial charge in [0.25, 0.3) is 0 Å². The first-order chi connectivity index (χ1) is 13.5. The third-order valence-electron chi connectivity index (χ3n) is 4.50. The van der Waals surface area contributed by atoms with E-state index in [2.05, 4.69) is 48.4 Å². The van der Waals surface area contributed by atoms with Gasteiger partial charge in [-0.15, -0.1) is 10.2 Å². The van der Waals surface area contributed by atoms with Crippen molar-refractivity contribution in [3.8, 4) is 11.4 Å². The molecule has 1 N–H and O–H groups in total. The smallest absolute Gasteiger partial charge is 0.230 e. The molecule has 2 aromatic carbocycles. The summed E-state index contributed by atoms with van der Waals surface area (Å²) in [6.45, 7) is 6.77. The standard InChI is InChI=1S/C21H24N4O2S/c1-14-9-15(2)19(16(3)10-14)11-22-20(26)12-28-21-24-23-13-25(21)17-5-7-18(27-4)8-6-17/h5-10,13H,11-12H2,1-4H3,(H,22,26). The number of ether oxygens (including phenoxy) is 1. The molecule has 28 heavy (non-hydrogen) atoms. The molecular weight excluding hydrogens is 372 g/mol. The van der Waals surface area contributed by atoms with Crippen molar-refractivity contribution in [1.29, 1.82) is 0 Å². The molecule has 146 valence electrons. The zero-order valence-corrected chi connectivity index (χ0v) is 17.3. The van der Waals surface area contributed by atoms with Crippen LogP contribution < -0.4 is 10.1 Å². The van der Waals surface area contributed by atoms with Crippen molar-refractivity contribution in [2.24, 2.45) is 0 Å². The SMILES string of the molecule is COc1ccc(-n2cnnc2SCC(=O)NCc2c(C)cc(C)cc2C)cc1. The summed E-state index contributed by atoms with van der Waals surface area (Å²) in [5.74, 6) is 1.03. The van der Waals surface area contributed by atoms with Gasteiger partial charge in [-0.3, -0.25) is 9.36 Å². The van der Waals surface area contributed by atoms with Gasteiger partial charge in [0.2, 0.25) is 5.91 Å². The Kier molecular flexibility index (Phi) is 6.36. The lowest BCUT2D eigenvalue weighted by atomic mass is 10.00. The summed E-state index contributed by atoms with van der Waals surface area (Å²) >= 11 is 1.36. The summed E-state index contributed by atoms with van der Waals surface area (Å²) in [6, 6.07) is 11.9. The number of nitrogens with zero attached hydrogens (tertiary/aromatic N) is 3. The Morgan fingerprint density at radius 1 is 1.14 bits per heavy atom. The number of carbonyl (C=O) groups excluding carboxylic acids is 1. The van der Waals surface area contributed by atoms with E-state index in [1.807, 2.05) is 28.8 Å². The fourth-order valence-electron chi connectivity index (χ4n) is 3.10. The van der Waals surface area contributed by atoms with Crippen molar-refractivity contribution in [2.45, 2.75) is 32.5 Å². The number of thioether (sulfide) groups is 1. The Hall–Kier alpha value is -2.80. The van der Waals surface area contributed by atoms with Crippen molar-refractivity contribution >= 4 is 17.7 Å². The number of methoxy groups -OCH3 is 1. The minimum absolute atomic E-state index is 0.0337.